The van der Waals surface area contributed by atoms with Crippen LogP contribution in [0, 0.1) is 6.92 Å². The lowest BCUT2D eigenvalue weighted by Crippen LogP contribution is -2.39. The molecule has 1 N–H and O–H groups in total. The molecule has 2 rings (SSSR count). The Balaban J connectivity index is 2.16. The summed E-state index contributed by atoms with van der Waals surface area (Å²) in [5.41, 5.74) is 1.89. The van der Waals surface area contributed by atoms with Crippen molar-refractivity contribution in [3.8, 4) is 0 Å². The third-order valence-corrected chi connectivity index (χ3v) is 3.25. The van der Waals surface area contributed by atoms with E-state index in [4.69, 9.17) is 0 Å². The molecule has 3 heteroatoms. The molecule has 1 atom stereocenters. The Kier molecular flexibility index (Phi) is 3.79. The van der Waals surface area contributed by atoms with Crippen LogP contribution in [0.4, 0.5) is 0 Å². The topological polar surface area (TPSA) is 32.3 Å². The highest BCUT2D eigenvalue weighted by atomic mass is 16.2. The van der Waals surface area contributed by atoms with Crippen LogP contribution in [0.25, 0.3) is 0 Å². The number of amides is 1. The molecule has 0 radical (unpaired) electrons. The van der Waals surface area contributed by atoms with E-state index in [1.165, 1.54) is 0 Å². The van der Waals surface area contributed by atoms with Gasteiger partial charge in [0, 0.05) is 24.7 Å². The molecule has 0 aliphatic carbocycles. The van der Waals surface area contributed by atoms with Crippen LogP contribution >= 0.6 is 0 Å². The molecule has 1 amide bonds. The summed E-state index contributed by atoms with van der Waals surface area (Å²) in [6.45, 7) is 6.77. The average Bonchev–Trinajstić information content (AvgIpc) is 2.54. The van der Waals surface area contributed by atoms with Gasteiger partial charge in [-0.15, -0.1) is 0 Å². The van der Waals surface area contributed by atoms with Crippen LogP contribution in [0.3, 0.4) is 0 Å². The molecule has 17 heavy (non-hydrogen) atoms. The lowest BCUT2D eigenvalue weighted by molar-refractivity contribution is 0.0754. The quantitative estimate of drug-likeness (QED) is 0.801. The van der Waals surface area contributed by atoms with Crippen LogP contribution in [-0.4, -0.2) is 36.5 Å². The number of carbonyl (C=O) groups excluding carboxylic acids is 1. The van der Waals surface area contributed by atoms with Gasteiger partial charge in [-0.05, 0) is 38.4 Å². The van der Waals surface area contributed by atoms with Crippen molar-refractivity contribution in [1.82, 2.24) is 10.2 Å². The van der Waals surface area contributed by atoms with Gasteiger partial charge in [-0.1, -0.05) is 18.2 Å². The number of nitrogens with one attached hydrogen (secondary N) is 1. The first-order valence-corrected chi connectivity index (χ1v) is 6.27. The van der Waals surface area contributed by atoms with Gasteiger partial charge in [0.05, 0.1) is 0 Å². The molecular weight excluding hydrogens is 212 g/mol. The summed E-state index contributed by atoms with van der Waals surface area (Å²) in [4.78, 5) is 14.4. The molecule has 1 unspecified atom stereocenters. The third-order valence-electron chi connectivity index (χ3n) is 3.25. The third kappa shape index (κ3) is 2.86. The van der Waals surface area contributed by atoms with Crippen LogP contribution in [0.2, 0.25) is 0 Å². The first-order chi connectivity index (χ1) is 8.18. The van der Waals surface area contributed by atoms with Crippen LogP contribution in [0.15, 0.2) is 24.3 Å². The standard InChI is InChI=1S/C14H20N2O/c1-11-6-3-4-7-13(11)14(17)16-9-5-8-15-12(2)10-16/h3-4,6-7,12,15H,5,8-10H2,1-2H3. The first-order valence-electron chi connectivity index (χ1n) is 6.27. The summed E-state index contributed by atoms with van der Waals surface area (Å²) in [6, 6.07) is 8.19. The Morgan fingerprint density at radius 3 is 2.94 bits per heavy atom. The zero-order chi connectivity index (χ0) is 12.3. The lowest BCUT2D eigenvalue weighted by atomic mass is 10.1. The van der Waals surface area contributed by atoms with Gasteiger partial charge in [0.15, 0.2) is 0 Å². The van der Waals surface area contributed by atoms with Crippen molar-refractivity contribution in [2.45, 2.75) is 26.3 Å². The minimum absolute atomic E-state index is 0.165. The summed E-state index contributed by atoms with van der Waals surface area (Å²) >= 11 is 0. The number of nitrogens with zero attached hydrogens (tertiary/aromatic N) is 1. The summed E-state index contributed by atoms with van der Waals surface area (Å²) < 4.78 is 0. The Bertz CT molecular complexity index is 403. The zero-order valence-electron chi connectivity index (χ0n) is 10.6. The van der Waals surface area contributed by atoms with Gasteiger partial charge in [-0.2, -0.15) is 0 Å². The fourth-order valence-electron chi connectivity index (χ4n) is 2.27. The monoisotopic (exact) mass is 232 g/mol. The molecular formula is C14H20N2O. The van der Waals surface area contributed by atoms with E-state index >= 15 is 0 Å². The molecule has 1 heterocycles. The van der Waals surface area contributed by atoms with Crippen molar-refractivity contribution >= 4 is 5.91 Å². The zero-order valence-corrected chi connectivity index (χ0v) is 10.6. The Labute approximate surface area is 103 Å². The molecule has 0 bridgehead atoms. The predicted molar refractivity (Wildman–Crippen MR) is 69.2 cm³/mol. The van der Waals surface area contributed by atoms with Gasteiger partial charge in [0.25, 0.3) is 5.91 Å². The summed E-state index contributed by atoms with van der Waals surface area (Å²) in [5, 5.41) is 3.40. The van der Waals surface area contributed by atoms with Crippen LogP contribution in [0.5, 0.6) is 0 Å². The second-order valence-electron chi connectivity index (χ2n) is 4.77. The smallest absolute Gasteiger partial charge is 0.254 e. The van der Waals surface area contributed by atoms with Gasteiger partial charge >= 0.3 is 0 Å². The number of aryl methyl sites for hydroxylation is 1. The van der Waals surface area contributed by atoms with Gasteiger partial charge in [0.1, 0.15) is 0 Å². The Morgan fingerprint density at radius 1 is 1.41 bits per heavy atom. The number of rotatable bonds is 1. The molecule has 1 aliphatic rings. The highest BCUT2D eigenvalue weighted by molar-refractivity contribution is 5.95. The largest absolute Gasteiger partial charge is 0.337 e. The van der Waals surface area contributed by atoms with E-state index in [0.717, 1.165) is 37.2 Å². The summed E-state index contributed by atoms with van der Waals surface area (Å²) in [7, 11) is 0. The van der Waals surface area contributed by atoms with Gasteiger partial charge in [-0.3, -0.25) is 4.79 Å². The first kappa shape index (κ1) is 12.1. The number of benzene rings is 1. The van der Waals surface area contributed by atoms with Crippen LogP contribution in [-0.2, 0) is 0 Å². The van der Waals surface area contributed by atoms with E-state index in [1.807, 2.05) is 36.1 Å². The SMILES string of the molecule is Cc1ccccc1C(=O)N1CCCNC(C)C1. The number of hydrogen-bond acceptors (Lipinski definition) is 2. The molecule has 92 valence electrons. The molecule has 1 aromatic carbocycles. The van der Waals surface area contributed by atoms with Crippen molar-refractivity contribution in [3.63, 3.8) is 0 Å². The van der Waals surface area contributed by atoms with E-state index < -0.39 is 0 Å². The minimum Gasteiger partial charge on any atom is -0.337 e. The minimum atomic E-state index is 0.165. The van der Waals surface area contributed by atoms with Gasteiger partial charge in [0.2, 0.25) is 0 Å². The van der Waals surface area contributed by atoms with Crippen molar-refractivity contribution < 1.29 is 4.79 Å². The molecule has 1 fully saturated rings. The maximum atomic E-state index is 12.4. The highest BCUT2D eigenvalue weighted by Crippen LogP contribution is 2.12. The van der Waals surface area contributed by atoms with E-state index in [-0.39, 0.29) is 5.91 Å². The van der Waals surface area contributed by atoms with Crippen molar-refractivity contribution in [2.24, 2.45) is 0 Å². The summed E-state index contributed by atoms with van der Waals surface area (Å²) in [5.74, 6) is 0.165. The second-order valence-corrected chi connectivity index (χ2v) is 4.77. The maximum absolute atomic E-state index is 12.4. The van der Waals surface area contributed by atoms with Crippen LogP contribution < -0.4 is 5.32 Å². The lowest BCUT2D eigenvalue weighted by Gasteiger charge is -2.23. The van der Waals surface area contributed by atoms with Crippen LogP contribution in [0.1, 0.15) is 29.3 Å². The van der Waals surface area contributed by atoms with Gasteiger partial charge in [-0.25, -0.2) is 0 Å². The highest BCUT2D eigenvalue weighted by Gasteiger charge is 2.21. The molecule has 0 spiro atoms. The van der Waals surface area contributed by atoms with E-state index in [1.54, 1.807) is 0 Å². The van der Waals surface area contributed by atoms with Crippen molar-refractivity contribution in [1.29, 1.82) is 0 Å². The van der Waals surface area contributed by atoms with Gasteiger partial charge < -0.3 is 10.2 Å². The van der Waals surface area contributed by atoms with E-state index in [0.29, 0.717) is 6.04 Å². The summed E-state index contributed by atoms with van der Waals surface area (Å²) in [6.07, 6.45) is 1.03. The fourth-order valence-corrected chi connectivity index (χ4v) is 2.27. The molecule has 1 aromatic rings. The molecule has 0 saturated carbocycles. The Hall–Kier alpha value is -1.35. The molecule has 3 nitrogen and oxygen atoms in total. The van der Waals surface area contributed by atoms with E-state index in [9.17, 15) is 4.79 Å². The van der Waals surface area contributed by atoms with Crippen molar-refractivity contribution in [2.75, 3.05) is 19.6 Å². The van der Waals surface area contributed by atoms with Crippen molar-refractivity contribution in [3.05, 3.63) is 35.4 Å². The molecule has 0 aromatic heterocycles. The molecule has 1 aliphatic heterocycles. The normalized spacial score (nSPS) is 21.1. The Morgan fingerprint density at radius 2 is 2.18 bits per heavy atom. The maximum Gasteiger partial charge on any atom is 0.254 e. The average molecular weight is 232 g/mol. The molecule has 1 saturated heterocycles. The second kappa shape index (κ2) is 5.32. The van der Waals surface area contributed by atoms with E-state index in [2.05, 4.69) is 12.2 Å². The fraction of sp³-hybridized carbons (Fsp3) is 0.500. The predicted octanol–water partition coefficient (Wildman–Crippen LogP) is 1.82. The number of carbonyl (C=O) groups is 1. The number of hydrogen-bond donors (Lipinski definition) is 1.